The predicted molar refractivity (Wildman–Crippen MR) is 127 cm³/mol. The second-order valence-corrected chi connectivity index (χ2v) is 8.20. The van der Waals surface area contributed by atoms with Crippen molar-refractivity contribution in [3.05, 3.63) is 90.4 Å². The van der Waals surface area contributed by atoms with Crippen molar-refractivity contribution < 1.29 is 9.53 Å². The van der Waals surface area contributed by atoms with Crippen LogP contribution >= 0.6 is 0 Å². The summed E-state index contributed by atoms with van der Waals surface area (Å²) in [6, 6.07) is 22.2. The summed E-state index contributed by atoms with van der Waals surface area (Å²) in [5, 5.41) is 4.19. The normalized spacial score (nSPS) is 14.6. The molecule has 0 unspecified atom stereocenters. The van der Waals surface area contributed by atoms with Gasteiger partial charge in [-0.15, -0.1) is 0 Å². The van der Waals surface area contributed by atoms with Gasteiger partial charge in [0.05, 0.1) is 13.2 Å². The molecule has 164 valence electrons. The van der Waals surface area contributed by atoms with Gasteiger partial charge in [-0.3, -0.25) is 9.69 Å². The van der Waals surface area contributed by atoms with E-state index >= 15 is 0 Å². The van der Waals surface area contributed by atoms with E-state index in [4.69, 9.17) is 4.74 Å². The van der Waals surface area contributed by atoms with Crippen LogP contribution in [0.4, 0.5) is 5.69 Å². The first kappa shape index (κ1) is 20.5. The highest BCUT2D eigenvalue weighted by Gasteiger charge is 2.13. The number of morpholine rings is 1. The van der Waals surface area contributed by atoms with E-state index in [1.54, 1.807) is 0 Å². The molecule has 1 aliphatic rings. The SMILES string of the molecule is O=C(Nc1ccc2c(ccn2CCN2CCOCC2)c1)c1cccn1Cc1ccccc1. The summed E-state index contributed by atoms with van der Waals surface area (Å²) in [6.45, 7) is 6.28. The lowest BCUT2D eigenvalue weighted by Crippen LogP contribution is -2.38. The highest BCUT2D eigenvalue weighted by molar-refractivity contribution is 6.04. The molecule has 0 radical (unpaired) electrons. The van der Waals surface area contributed by atoms with Crippen molar-refractivity contribution in [1.82, 2.24) is 14.0 Å². The van der Waals surface area contributed by atoms with E-state index in [-0.39, 0.29) is 5.91 Å². The molecule has 2 aromatic heterocycles. The molecule has 1 fully saturated rings. The maximum absolute atomic E-state index is 13.0. The molecule has 1 saturated heterocycles. The van der Waals surface area contributed by atoms with Crippen LogP contribution in [0.5, 0.6) is 0 Å². The number of anilines is 1. The van der Waals surface area contributed by atoms with Gasteiger partial charge in [-0.2, -0.15) is 0 Å². The molecule has 0 spiro atoms. The standard InChI is InChI=1S/C26H28N4O2/c31-26(25-7-4-11-30(25)20-21-5-2-1-3-6-21)27-23-8-9-24-22(19-23)10-12-29(24)14-13-28-15-17-32-18-16-28/h1-12,19H,13-18,20H2,(H,27,31). The molecular weight excluding hydrogens is 400 g/mol. The highest BCUT2D eigenvalue weighted by atomic mass is 16.5. The molecule has 5 rings (SSSR count). The van der Waals surface area contributed by atoms with Crippen molar-refractivity contribution >= 4 is 22.5 Å². The van der Waals surface area contributed by atoms with E-state index in [2.05, 4.69) is 45.2 Å². The van der Waals surface area contributed by atoms with Crippen LogP contribution in [0.3, 0.4) is 0 Å². The minimum absolute atomic E-state index is 0.1000. The average molecular weight is 429 g/mol. The molecular formula is C26H28N4O2. The number of nitrogens with zero attached hydrogens (tertiary/aromatic N) is 3. The van der Waals surface area contributed by atoms with Crippen molar-refractivity contribution in [2.45, 2.75) is 13.1 Å². The van der Waals surface area contributed by atoms with Gasteiger partial charge in [-0.25, -0.2) is 0 Å². The zero-order chi connectivity index (χ0) is 21.8. The number of ether oxygens (including phenoxy) is 1. The van der Waals surface area contributed by atoms with Gasteiger partial charge >= 0.3 is 0 Å². The fourth-order valence-corrected chi connectivity index (χ4v) is 4.28. The van der Waals surface area contributed by atoms with Crippen molar-refractivity contribution in [3.63, 3.8) is 0 Å². The van der Waals surface area contributed by atoms with Crippen molar-refractivity contribution in [1.29, 1.82) is 0 Å². The van der Waals surface area contributed by atoms with Crippen LogP contribution in [0.25, 0.3) is 10.9 Å². The number of nitrogens with one attached hydrogen (secondary N) is 1. The maximum atomic E-state index is 13.0. The zero-order valence-electron chi connectivity index (χ0n) is 18.1. The Balaban J connectivity index is 1.26. The molecule has 4 aromatic rings. The number of fused-ring (bicyclic) bond motifs is 1. The van der Waals surface area contributed by atoms with Crippen LogP contribution in [0.15, 0.2) is 79.1 Å². The number of hydrogen-bond acceptors (Lipinski definition) is 3. The Morgan fingerprint density at radius 2 is 1.72 bits per heavy atom. The molecule has 0 atom stereocenters. The molecule has 1 amide bonds. The number of benzene rings is 2. The molecule has 0 bridgehead atoms. The number of aromatic nitrogens is 2. The molecule has 0 saturated carbocycles. The molecule has 1 N–H and O–H groups in total. The lowest BCUT2D eigenvalue weighted by Gasteiger charge is -2.26. The predicted octanol–water partition coefficient (Wildman–Crippen LogP) is 4.08. The van der Waals surface area contributed by atoms with E-state index in [0.717, 1.165) is 56.0 Å². The molecule has 3 heterocycles. The maximum Gasteiger partial charge on any atom is 0.272 e. The van der Waals surface area contributed by atoms with Crippen LogP contribution in [0, 0.1) is 0 Å². The van der Waals surface area contributed by atoms with Crippen LogP contribution in [-0.4, -0.2) is 52.8 Å². The topological polar surface area (TPSA) is 51.4 Å². The van der Waals surface area contributed by atoms with Gasteiger partial charge in [-0.1, -0.05) is 30.3 Å². The smallest absolute Gasteiger partial charge is 0.272 e. The first-order chi connectivity index (χ1) is 15.8. The fraction of sp³-hybridized carbons (Fsp3) is 0.269. The molecule has 0 aliphatic carbocycles. The summed E-state index contributed by atoms with van der Waals surface area (Å²) >= 11 is 0. The largest absolute Gasteiger partial charge is 0.379 e. The minimum Gasteiger partial charge on any atom is -0.379 e. The van der Waals surface area contributed by atoms with Gasteiger partial charge in [-0.05, 0) is 42.0 Å². The van der Waals surface area contributed by atoms with Crippen molar-refractivity contribution in [2.75, 3.05) is 38.2 Å². The average Bonchev–Trinajstić information content (AvgIpc) is 3.46. The van der Waals surface area contributed by atoms with E-state index in [1.807, 2.05) is 53.2 Å². The van der Waals surface area contributed by atoms with E-state index in [1.165, 1.54) is 5.52 Å². The summed E-state index contributed by atoms with van der Waals surface area (Å²) in [5.74, 6) is -0.1000. The Kier molecular flexibility index (Phi) is 6.05. The first-order valence-corrected chi connectivity index (χ1v) is 11.2. The van der Waals surface area contributed by atoms with Crippen LogP contribution in [0.2, 0.25) is 0 Å². The monoisotopic (exact) mass is 428 g/mol. The summed E-state index contributed by atoms with van der Waals surface area (Å²) < 4.78 is 9.69. The Morgan fingerprint density at radius 3 is 2.56 bits per heavy atom. The number of hydrogen-bond donors (Lipinski definition) is 1. The van der Waals surface area contributed by atoms with Crippen LogP contribution in [0.1, 0.15) is 16.1 Å². The third kappa shape index (κ3) is 4.61. The van der Waals surface area contributed by atoms with E-state index < -0.39 is 0 Å². The van der Waals surface area contributed by atoms with Gasteiger partial charge in [0.15, 0.2) is 0 Å². The van der Waals surface area contributed by atoms with E-state index in [0.29, 0.717) is 12.2 Å². The third-order valence-electron chi connectivity index (χ3n) is 6.05. The van der Waals surface area contributed by atoms with Crippen LogP contribution in [-0.2, 0) is 17.8 Å². The Labute approximate surface area is 188 Å². The fourth-order valence-electron chi connectivity index (χ4n) is 4.28. The lowest BCUT2D eigenvalue weighted by molar-refractivity contribution is 0.0365. The van der Waals surface area contributed by atoms with Gasteiger partial charge in [0.25, 0.3) is 5.91 Å². The molecule has 2 aromatic carbocycles. The highest BCUT2D eigenvalue weighted by Crippen LogP contribution is 2.21. The first-order valence-electron chi connectivity index (χ1n) is 11.2. The zero-order valence-corrected chi connectivity index (χ0v) is 18.1. The minimum atomic E-state index is -0.1000. The number of rotatable bonds is 7. The number of carbonyl (C=O) groups excluding carboxylic acids is 1. The van der Waals surface area contributed by atoms with Crippen LogP contribution < -0.4 is 5.32 Å². The van der Waals surface area contributed by atoms with Gasteiger partial charge in [0, 0.05) is 61.7 Å². The molecule has 6 heteroatoms. The number of carbonyl (C=O) groups is 1. The summed E-state index contributed by atoms with van der Waals surface area (Å²) in [6.07, 6.45) is 4.07. The Hall–Kier alpha value is -3.35. The lowest BCUT2D eigenvalue weighted by atomic mass is 10.2. The summed E-state index contributed by atoms with van der Waals surface area (Å²) in [4.78, 5) is 15.4. The van der Waals surface area contributed by atoms with Gasteiger partial charge in [0.1, 0.15) is 5.69 Å². The molecule has 1 aliphatic heterocycles. The van der Waals surface area contributed by atoms with Crippen molar-refractivity contribution in [3.8, 4) is 0 Å². The Bertz CT molecular complexity index is 1190. The number of amides is 1. The molecule has 32 heavy (non-hydrogen) atoms. The van der Waals surface area contributed by atoms with Gasteiger partial charge < -0.3 is 19.2 Å². The van der Waals surface area contributed by atoms with E-state index in [9.17, 15) is 4.79 Å². The van der Waals surface area contributed by atoms with Gasteiger partial charge in [0.2, 0.25) is 0 Å². The second kappa shape index (κ2) is 9.42. The quantitative estimate of drug-likeness (QED) is 0.483. The summed E-state index contributed by atoms with van der Waals surface area (Å²) in [7, 11) is 0. The van der Waals surface area contributed by atoms with Crippen molar-refractivity contribution in [2.24, 2.45) is 0 Å². The summed E-state index contributed by atoms with van der Waals surface area (Å²) in [5.41, 5.74) is 3.80. The molecule has 6 nitrogen and oxygen atoms in total. The Morgan fingerprint density at radius 1 is 0.875 bits per heavy atom. The third-order valence-corrected chi connectivity index (χ3v) is 6.05. The second-order valence-electron chi connectivity index (χ2n) is 8.20.